The van der Waals surface area contributed by atoms with Crippen LogP contribution in [0.3, 0.4) is 0 Å². The van der Waals surface area contributed by atoms with Gasteiger partial charge >= 0.3 is 0 Å². The SMILES string of the molecule is Nc1[nH]ncc1C(=O)N1CCC(O)C1. The summed E-state index contributed by atoms with van der Waals surface area (Å²) in [5.74, 6) is 0.101. The molecule has 0 saturated carbocycles. The highest BCUT2D eigenvalue weighted by atomic mass is 16.3. The molecule has 2 rings (SSSR count). The van der Waals surface area contributed by atoms with E-state index in [4.69, 9.17) is 5.73 Å². The first-order valence-electron chi connectivity index (χ1n) is 4.44. The highest BCUT2D eigenvalue weighted by Gasteiger charge is 2.26. The number of hydrogen-bond acceptors (Lipinski definition) is 4. The van der Waals surface area contributed by atoms with Crippen LogP contribution in [0.5, 0.6) is 0 Å². The van der Waals surface area contributed by atoms with Crippen molar-refractivity contribution in [3.63, 3.8) is 0 Å². The lowest BCUT2D eigenvalue weighted by molar-refractivity contribution is 0.0766. The van der Waals surface area contributed by atoms with Gasteiger partial charge in [0, 0.05) is 13.1 Å². The van der Waals surface area contributed by atoms with Crippen molar-refractivity contribution in [1.82, 2.24) is 15.1 Å². The molecule has 0 spiro atoms. The number of anilines is 1. The summed E-state index contributed by atoms with van der Waals surface area (Å²) in [6, 6.07) is 0. The summed E-state index contributed by atoms with van der Waals surface area (Å²) < 4.78 is 0. The molecule has 76 valence electrons. The van der Waals surface area contributed by atoms with Crippen LogP contribution < -0.4 is 5.73 Å². The van der Waals surface area contributed by atoms with Crippen molar-refractivity contribution < 1.29 is 9.90 Å². The molecule has 1 aliphatic rings. The normalized spacial score (nSPS) is 21.5. The van der Waals surface area contributed by atoms with Crippen molar-refractivity contribution in [2.24, 2.45) is 0 Å². The topological polar surface area (TPSA) is 95.2 Å². The van der Waals surface area contributed by atoms with E-state index in [1.54, 1.807) is 4.90 Å². The van der Waals surface area contributed by atoms with Crippen molar-refractivity contribution in [3.8, 4) is 0 Å². The third-order valence-corrected chi connectivity index (χ3v) is 2.35. The smallest absolute Gasteiger partial charge is 0.259 e. The van der Waals surface area contributed by atoms with Crippen molar-refractivity contribution in [2.75, 3.05) is 18.8 Å². The highest BCUT2D eigenvalue weighted by molar-refractivity contribution is 5.98. The molecule has 0 aromatic carbocycles. The number of likely N-dealkylation sites (tertiary alicyclic amines) is 1. The summed E-state index contributed by atoms with van der Waals surface area (Å²) in [5.41, 5.74) is 5.89. The minimum atomic E-state index is -0.410. The number of aromatic amines is 1. The zero-order valence-electron chi connectivity index (χ0n) is 7.60. The molecule has 14 heavy (non-hydrogen) atoms. The van der Waals surface area contributed by atoms with Crippen molar-refractivity contribution >= 4 is 11.7 Å². The van der Waals surface area contributed by atoms with Crippen LogP contribution in [0.1, 0.15) is 16.8 Å². The number of β-amino-alcohol motifs (C(OH)–C–C–N with tert-alkyl or cyclic N) is 1. The van der Waals surface area contributed by atoms with Gasteiger partial charge < -0.3 is 15.7 Å². The lowest BCUT2D eigenvalue weighted by Crippen LogP contribution is -2.29. The number of nitrogens with zero attached hydrogens (tertiary/aromatic N) is 2. The Morgan fingerprint density at radius 3 is 3.07 bits per heavy atom. The molecule has 0 aliphatic carbocycles. The Bertz CT molecular complexity index is 349. The number of H-pyrrole nitrogens is 1. The second kappa shape index (κ2) is 3.30. The Labute approximate surface area is 80.7 Å². The van der Waals surface area contributed by atoms with E-state index in [0.717, 1.165) is 0 Å². The molecule has 1 aromatic heterocycles. The van der Waals surface area contributed by atoms with Crippen LogP contribution in [0.25, 0.3) is 0 Å². The molecule has 0 radical (unpaired) electrons. The van der Waals surface area contributed by atoms with Gasteiger partial charge in [0.15, 0.2) is 0 Å². The zero-order valence-corrected chi connectivity index (χ0v) is 7.60. The maximum absolute atomic E-state index is 11.7. The summed E-state index contributed by atoms with van der Waals surface area (Å²) in [4.78, 5) is 13.3. The molecule has 4 N–H and O–H groups in total. The van der Waals surface area contributed by atoms with E-state index in [1.807, 2.05) is 0 Å². The molecular formula is C8H12N4O2. The summed E-state index contributed by atoms with van der Waals surface area (Å²) in [6.45, 7) is 0.952. The van der Waals surface area contributed by atoms with E-state index < -0.39 is 6.10 Å². The summed E-state index contributed by atoms with van der Waals surface area (Å²) in [5, 5.41) is 15.4. The number of nitrogen functional groups attached to an aromatic ring is 1. The van der Waals surface area contributed by atoms with Crippen LogP contribution in [0.4, 0.5) is 5.82 Å². The first kappa shape index (κ1) is 9.01. The lowest BCUT2D eigenvalue weighted by Gasteiger charge is -2.14. The third-order valence-electron chi connectivity index (χ3n) is 2.35. The van der Waals surface area contributed by atoms with Gasteiger partial charge in [-0.15, -0.1) is 0 Å². The number of nitrogens with two attached hydrogens (primary N) is 1. The fourth-order valence-electron chi connectivity index (χ4n) is 1.56. The van der Waals surface area contributed by atoms with E-state index in [9.17, 15) is 9.90 Å². The largest absolute Gasteiger partial charge is 0.391 e. The molecule has 6 nitrogen and oxygen atoms in total. The maximum atomic E-state index is 11.7. The Morgan fingerprint density at radius 1 is 1.79 bits per heavy atom. The molecule has 1 aromatic rings. The van der Waals surface area contributed by atoms with Gasteiger partial charge in [0.2, 0.25) is 0 Å². The van der Waals surface area contributed by atoms with Crippen LogP contribution in [0.15, 0.2) is 6.20 Å². The zero-order chi connectivity index (χ0) is 10.1. The van der Waals surface area contributed by atoms with Gasteiger partial charge in [0.25, 0.3) is 5.91 Å². The van der Waals surface area contributed by atoms with Gasteiger partial charge in [0.1, 0.15) is 11.4 Å². The third kappa shape index (κ3) is 1.44. The van der Waals surface area contributed by atoms with Gasteiger partial charge in [-0.2, -0.15) is 5.10 Å². The van der Waals surface area contributed by atoms with E-state index in [2.05, 4.69) is 10.2 Å². The standard InChI is InChI=1S/C8H12N4O2/c9-7-6(3-10-11-7)8(14)12-2-1-5(13)4-12/h3,5,13H,1-2,4H2,(H3,9,10,11). The molecule has 1 unspecified atom stereocenters. The average Bonchev–Trinajstić information content (AvgIpc) is 2.73. The first-order chi connectivity index (χ1) is 6.68. The van der Waals surface area contributed by atoms with Crippen LogP contribution in [0.2, 0.25) is 0 Å². The quantitative estimate of drug-likeness (QED) is 0.548. The number of carbonyl (C=O) groups excluding carboxylic acids is 1. The molecule has 6 heteroatoms. The molecule has 0 bridgehead atoms. The second-order valence-electron chi connectivity index (χ2n) is 3.39. The number of amides is 1. The van der Waals surface area contributed by atoms with Gasteiger partial charge in [-0.25, -0.2) is 0 Å². The summed E-state index contributed by atoms with van der Waals surface area (Å²) >= 11 is 0. The van der Waals surface area contributed by atoms with Gasteiger partial charge in [-0.05, 0) is 6.42 Å². The number of aliphatic hydroxyl groups is 1. The van der Waals surface area contributed by atoms with E-state index in [1.165, 1.54) is 6.20 Å². The molecule has 2 heterocycles. The molecule has 1 saturated heterocycles. The second-order valence-corrected chi connectivity index (χ2v) is 3.39. The predicted molar refractivity (Wildman–Crippen MR) is 49.5 cm³/mol. The molecule has 1 amide bonds. The monoisotopic (exact) mass is 196 g/mol. The Hall–Kier alpha value is -1.56. The molecule has 1 aliphatic heterocycles. The Morgan fingerprint density at radius 2 is 2.57 bits per heavy atom. The van der Waals surface area contributed by atoms with E-state index in [-0.39, 0.29) is 11.7 Å². The molecule has 1 atom stereocenters. The fraction of sp³-hybridized carbons (Fsp3) is 0.500. The summed E-state index contributed by atoms with van der Waals surface area (Å²) in [7, 11) is 0. The number of aromatic nitrogens is 2. The van der Waals surface area contributed by atoms with E-state index in [0.29, 0.717) is 25.1 Å². The van der Waals surface area contributed by atoms with Gasteiger partial charge in [-0.3, -0.25) is 9.89 Å². The maximum Gasteiger partial charge on any atom is 0.259 e. The number of rotatable bonds is 1. The van der Waals surface area contributed by atoms with Crippen LogP contribution in [-0.4, -0.2) is 45.3 Å². The predicted octanol–water partition coefficient (Wildman–Crippen LogP) is -0.801. The van der Waals surface area contributed by atoms with Crippen LogP contribution in [0, 0.1) is 0 Å². The Kier molecular flexibility index (Phi) is 2.12. The van der Waals surface area contributed by atoms with Crippen LogP contribution >= 0.6 is 0 Å². The van der Waals surface area contributed by atoms with Crippen molar-refractivity contribution in [1.29, 1.82) is 0 Å². The Balaban J connectivity index is 2.13. The number of aliphatic hydroxyl groups excluding tert-OH is 1. The number of hydrogen-bond donors (Lipinski definition) is 3. The van der Waals surface area contributed by atoms with Crippen molar-refractivity contribution in [2.45, 2.75) is 12.5 Å². The molecule has 1 fully saturated rings. The molecular weight excluding hydrogens is 184 g/mol. The average molecular weight is 196 g/mol. The van der Waals surface area contributed by atoms with E-state index >= 15 is 0 Å². The summed E-state index contributed by atoms with van der Waals surface area (Å²) in [6.07, 6.45) is 1.62. The number of nitrogens with one attached hydrogen (secondary N) is 1. The first-order valence-corrected chi connectivity index (χ1v) is 4.44. The fourth-order valence-corrected chi connectivity index (χ4v) is 1.56. The van der Waals surface area contributed by atoms with Gasteiger partial charge in [0.05, 0.1) is 12.3 Å². The van der Waals surface area contributed by atoms with Crippen LogP contribution in [-0.2, 0) is 0 Å². The van der Waals surface area contributed by atoms with Crippen molar-refractivity contribution in [3.05, 3.63) is 11.8 Å². The highest BCUT2D eigenvalue weighted by Crippen LogP contribution is 2.15. The number of carbonyl (C=O) groups is 1. The minimum Gasteiger partial charge on any atom is -0.391 e. The van der Waals surface area contributed by atoms with Gasteiger partial charge in [-0.1, -0.05) is 0 Å². The lowest BCUT2D eigenvalue weighted by atomic mass is 10.3. The minimum absolute atomic E-state index is 0.173.